The van der Waals surface area contributed by atoms with Gasteiger partial charge in [0.25, 0.3) is 0 Å². The predicted molar refractivity (Wildman–Crippen MR) is 71.2 cm³/mol. The number of nitrogens with two attached hydrogens (primary N) is 1. The van der Waals surface area contributed by atoms with E-state index in [1.165, 1.54) is 12.1 Å². The zero-order valence-corrected chi connectivity index (χ0v) is 11.2. The molecule has 0 aliphatic rings. The van der Waals surface area contributed by atoms with Crippen molar-refractivity contribution in [2.45, 2.75) is 6.42 Å². The quantitative estimate of drug-likeness (QED) is 0.942. The van der Waals surface area contributed by atoms with Crippen molar-refractivity contribution < 1.29 is 9.13 Å². The van der Waals surface area contributed by atoms with E-state index in [1.54, 1.807) is 18.3 Å². The molecule has 1 aromatic carbocycles. The van der Waals surface area contributed by atoms with E-state index in [0.717, 1.165) is 12.0 Å². The van der Waals surface area contributed by atoms with Gasteiger partial charge in [0.1, 0.15) is 11.6 Å². The molecule has 0 saturated heterocycles. The van der Waals surface area contributed by atoms with Crippen LogP contribution in [0.3, 0.4) is 0 Å². The summed E-state index contributed by atoms with van der Waals surface area (Å²) in [7, 11) is 0. The number of hydrogen-bond donors (Lipinski definition) is 1. The van der Waals surface area contributed by atoms with Gasteiger partial charge in [-0.1, -0.05) is 6.07 Å². The predicted octanol–water partition coefficient (Wildman–Crippen LogP) is 3.28. The van der Waals surface area contributed by atoms with E-state index in [2.05, 4.69) is 20.9 Å². The third-order valence-corrected chi connectivity index (χ3v) is 2.99. The minimum absolute atomic E-state index is 0.354. The largest absolute Gasteiger partial charge is 0.438 e. The maximum Gasteiger partial charge on any atom is 0.219 e. The fourth-order valence-corrected chi connectivity index (χ4v) is 1.78. The second-order valence-corrected chi connectivity index (χ2v) is 4.57. The summed E-state index contributed by atoms with van der Waals surface area (Å²) in [6.45, 7) is 0.581. The van der Waals surface area contributed by atoms with Crippen LogP contribution in [0.5, 0.6) is 11.6 Å². The lowest BCUT2D eigenvalue weighted by molar-refractivity contribution is 0.455. The molecule has 1 heterocycles. The Morgan fingerprint density at radius 2 is 2.11 bits per heavy atom. The highest BCUT2D eigenvalue weighted by Crippen LogP contribution is 2.29. The maximum atomic E-state index is 13.1. The SMILES string of the molecule is NCCc1ccc(Oc2cc(F)ccc2Br)nc1. The molecule has 0 spiro atoms. The Bertz CT molecular complexity index is 531. The number of halogens is 2. The first kappa shape index (κ1) is 13.0. The lowest BCUT2D eigenvalue weighted by Crippen LogP contribution is -2.02. The Labute approximate surface area is 113 Å². The molecule has 0 saturated carbocycles. The van der Waals surface area contributed by atoms with Gasteiger partial charge in [0.2, 0.25) is 5.88 Å². The van der Waals surface area contributed by atoms with E-state index >= 15 is 0 Å². The van der Waals surface area contributed by atoms with Crippen LogP contribution in [0.15, 0.2) is 41.0 Å². The van der Waals surface area contributed by atoms with Crippen LogP contribution in [0.25, 0.3) is 0 Å². The minimum Gasteiger partial charge on any atom is -0.438 e. The monoisotopic (exact) mass is 310 g/mol. The fraction of sp³-hybridized carbons (Fsp3) is 0.154. The van der Waals surface area contributed by atoms with Gasteiger partial charge in [-0.05, 0) is 46.6 Å². The normalized spacial score (nSPS) is 10.4. The van der Waals surface area contributed by atoms with E-state index in [9.17, 15) is 4.39 Å². The number of ether oxygens (including phenoxy) is 1. The zero-order chi connectivity index (χ0) is 13.0. The molecule has 5 heteroatoms. The minimum atomic E-state index is -0.354. The van der Waals surface area contributed by atoms with Crippen molar-refractivity contribution in [3.05, 3.63) is 52.4 Å². The van der Waals surface area contributed by atoms with Gasteiger partial charge in [-0.25, -0.2) is 9.37 Å². The Morgan fingerprint density at radius 3 is 2.78 bits per heavy atom. The lowest BCUT2D eigenvalue weighted by atomic mass is 10.2. The van der Waals surface area contributed by atoms with Crippen molar-refractivity contribution in [1.29, 1.82) is 0 Å². The number of nitrogens with zero attached hydrogens (tertiary/aromatic N) is 1. The van der Waals surface area contributed by atoms with Gasteiger partial charge in [-0.3, -0.25) is 0 Å². The molecule has 0 fully saturated rings. The van der Waals surface area contributed by atoms with Crippen LogP contribution >= 0.6 is 15.9 Å². The second-order valence-electron chi connectivity index (χ2n) is 3.72. The van der Waals surface area contributed by atoms with E-state index in [1.807, 2.05) is 6.07 Å². The fourth-order valence-electron chi connectivity index (χ4n) is 1.45. The average Bonchev–Trinajstić information content (AvgIpc) is 2.37. The van der Waals surface area contributed by atoms with E-state index in [-0.39, 0.29) is 5.82 Å². The van der Waals surface area contributed by atoms with Crippen LogP contribution < -0.4 is 10.5 Å². The highest BCUT2D eigenvalue weighted by molar-refractivity contribution is 9.10. The van der Waals surface area contributed by atoms with E-state index in [0.29, 0.717) is 22.6 Å². The van der Waals surface area contributed by atoms with Gasteiger partial charge in [0.05, 0.1) is 4.47 Å². The highest BCUT2D eigenvalue weighted by Gasteiger charge is 2.05. The van der Waals surface area contributed by atoms with Crippen LogP contribution in [-0.2, 0) is 6.42 Å². The molecule has 0 amide bonds. The number of benzene rings is 1. The van der Waals surface area contributed by atoms with Crippen molar-refractivity contribution in [3.8, 4) is 11.6 Å². The average molecular weight is 311 g/mol. The molecule has 1 aromatic heterocycles. The Hall–Kier alpha value is -1.46. The number of pyridine rings is 1. The molecule has 0 unspecified atom stereocenters. The maximum absolute atomic E-state index is 13.1. The van der Waals surface area contributed by atoms with E-state index < -0.39 is 0 Å². The summed E-state index contributed by atoms with van der Waals surface area (Å²) in [5, 5.41) is 0. The van der Waals surface area contributed by atoms with Crippen LogP contribution in [-0.4, -0.2) is 11.5 Å². The van der Waals surface area contributed by atoms with Crippen LogP contribution in [0.2, 0.25) is 0 Å². The van der Waals surface area contributed by atoms with Crippen LogP contribution in [0.4, 0.5) is 4.39 Å². The molecule has 0 bridgehead atoms. The molecule has 0 aliphatic carbocycles. The van der Waals surface area contributed by atoms with Crippen molar-refractivity contribution in [2.24, 2.45) is 5.73 Å². The molecule has 0 radical (unpaired) electrons. The first-order valence-corrected chi connectivity index (χ1v) is 6.26. The van der Waals surface area contributed by atoms with Crippen molar-refractivity contribution in [2.75, 3.05) is 6.54 Å². The van der Waals surface area contributed by atoms with Crippen molar-refractivity contribution in [1.82, 2.24) is 4.98 Å². The molecular weight excluding hydrogens is 299 g/mol. The van der Waals surface area contributed by atoms with Crippen molar-refractivity contribution >= 4 is 15.9 Å². The Morgan fingerprint density at radius 1 is 1.28 bits per heavy atom. The summed E-state index contributed by atoms with van der Waals surface area (Å²) in [6, 6.07) is 7.88. The third-order valence-electron chi connectivity index (χ3n) is 2.34. The second kappa shape index (κ2) is 5.93. The number of aromatic nitrogens is 1. The number of rotatable bonds is 4. The summed E-state index contributed by atoms with van der Waals surface area (Å²) in [6.07, 6.45) is 2.48. The van der Waals surface area contributed by atoms with Gasteiger partial charge >= 0.3 is 0 Å². The first-order chi connectivity index (χ1) is 8.69. The van der Waals surface area contributed by atoms with Gasteiger partial charge in [-0.15, -0.1) is 0 Å². The smallest absolute Gasteiger partial charge is 0.219 e. The molecule has 94 valence electrons. The summed E-state index contributed by atoms with van der Waals surface area (Å²) in [5.74, 6) is 0.462. The molecule has 18 heavy (non-hydrogen) atoms. The summed E-state index contributed by atoms with van der Waals surface area (Å²) < 4.78 is 19.3. The zero-order valence-electron chi connectivity index (χ0n) is 9.57. The summed E-state index contributed by atoms with van der Waals surface area (Å²) >= 11 is 3.29. The summed E-state index contributed by atoms with van der Waals surface area (Å²) in [5.41, 5.74) is 6.50. The molecule has 3 nitrogen and oxygen atoms in total. The van der Waals surface area contributed by atoms with Gasteiger partial charge in [-0.2, -0.15) is 0 Å². The van der Waals surface area contributed by atoms with Gasteiger partial charge in [0, 0.05) is 18.3 Å². The van der Waals surface area contributed by atoms with Crippen LogP contribution in [0, 0.1) is 5.82 Å². The van der Waals surface area contributed by atoms with E-state index in [4.69, 9.17) is 10.5 Å². The molecule has 0 aliphatic heterocycles. The Kier molecular flexibility index (Phi) is 4.28. The lowest BCUT2D eigenvalue weighted by Gasteiger charge is -2.07. The van der Waals surface area contributed by atoms with Crippen LogP contribution in [0.1, 0.15) is 5.56 Å². The van der Waals surface area contributed by atoms with Gasteiger partial charge in [0.15, 0.2) is 0 Å². The highest BCUT2D eigenvalue weighted by atomic mass is 79.9. The molecule has 0 atom stereocenters. The summed E-state index contributed by atoms with van der Waals surface area (Å²) in [4.78, 5) is 4.14. The third kappa shape index (κ3) is 3.27. The first-order valence-electron chi connectivity index (χ1n) is 5.47. The topological polar surface area (TPSA) is 48.1 Å². The Balaban J connectivity index is 2.15. The van der Waals surface area contributed by atoms with Gasteiger partial charge < -0.3 is 10.5 Å². The molecule has 2 aromatic rings. The molecular formula is C13H12BrFN2O. The standard InChI is InChI=1S/C13H12BrFN2O/c14-11-3-2-10(15)7-12(11)18-13-4-1-9(5-6-16)8-17-13/h1-4,7-8H,5-6,16H2. The number of hydrogen-bond acceptors (Lipinski definition) is 3. The molecule has 2 N–H and O–H groups in total. The molecule has 2 rings (SSSR count). The van der Waals surface area contributed by atoms with Crippen molar-refractivity contribution in [3.63, 3.8) is 0 Å².